The fourth-order valence-corrected chi connectivity index (χ4v) is 2.78. The van der Waals surface area contributed by atoms with E-state index in [2.05, 4.69) is 5.32 Å². The third-order valence-electron chi connectivity index (χ3n) is 4.04. The Labute approximate surface area is 151 Å². The minimum Gasteiger partial charge on any atom is -0.493 e. The van der Waals surface area contributed by atoms with Crippen LogP contribution in [0.25, 0.3) is 0 Å². The van der Waals surface area contributed by atoms with Gasteiger partial charge in [-0.1, -0.05) is 12.1 Å². The summed E-state index contributed by atoms with van der Waals surface area (Å²) < 4.78 is 16.0. The summed E-state index contributed by atoms with van der Waals surface area (Å²) in [7, 11) is 3.06. The molecule has 136 valence electrons. The van der Waals surface area contributed by atoms with Gasteiger partial charge in [-0.2, -0.15) is 0 Å². The zero-order valence-corrected chi connectivity index (χ0v) is 14.8. The van der Waals surface area contributed by atoms with Crippen LogP contribution in [0.1, 0.15) is 6.92 Å². The van der Waals surface area contributed by atoms with Gasteiger partial charge in [0, 0.05) is 11.8 Å². The lowest BCUT2D eigenvalue weighted by Gasteiger charge is -2.32. The van der Waals surface area contributed by atoms with E-state index in [0.29, 0.717) is 28.6 Å². The summed E-state index contributed by atoms with van der Waals surface area (Å²) in [5.74, 6) is 1.07. The van der Waals surface area contributed by atoms with Crippen LogP contribution in [0.15, 0.2) is 42.5 Å². The molecule has 2 aromatic rings. The Bertz CT molecular complexity index is 836. The van der Waals surface area contributed by atoms with Crippen molar-refractivity contribution in [3.8, 4) is 17.2 Å². The van der Waals surface area contributed by atoms with Crippen LogP contribution in [0.5, 0.6) is 17.2 Å². The number of amides is 2. The highest BCUT2D eigenvalue weighted by Crippen LogP contribution is 2.34. The fraction of sp³-hybridized carbons (Fsp3) is 0.263. The standard InChI is InChI=1S/C19H20N2O5/c1-12-19(23)21(14-6-4-5-7-15(14)26-12)11-18(22)20-13-8-9-16(24-2)17(10-13)25-3/h4-10,12H,11H2,1-3H3,(H,20,22)/t12-/m1/s1. The van der Waals surface area contributed by atoms with Gasteiger partial charge < -0.3 is 19.5 Å². The summed E-state index contributed by atoms with van der Waals surface area (Å²) in [6.45, 7) is 1.55. The van der Waals surface area contributed by atoms with Gasteiger partial charge in [0.05, 0.1) is 19.9 Å². The molecule has 1 aliphatic rings. The molecule has 0 unspecified atom stereocenters. The van der Waals surface area contributed by atoms with Crippen molar-refractivity contribution in [2.75, 3.05) is 31.0 Å². The number of carbonyl (C=O) groups excluding carboxylic acids is 2. The van der Waals surface area contributed by atoms with Gasteiger partial charge in [-0.25, -0.2) is 0 Å². The largest absolute Gasteiger partial charge is 0.493 e. The number of fused-ring (bicyclic) bond motifs is 1. The van der Waals surface area contributed by atoms with Gasteiger partial charge in [-0.15, -0.1) is 0 Å². The Morgan fingerprint density at radius 3 is 2.62 bits per heavy atom. The average molecular weight is 356 g/mol. The molecule has 7 nitrogen and oxygen atoms in total. The van der Waals surface area contributed by atoms with Crippen LogP contribution in [0.3, 0.4) is 0 Å². The monoisotopic (exact) mass is 356 g/mol. The number of anilines is 2. The van der Waals surface area contributed by atoms with Gasteiger partial charge in [0.25, 0.3) is 5.91 Å². The van der Waals surface area contributed by atoms with E-state index in [1.165, 1.54) is 12.0 Å². The lowest BCUT2D eigenvalue weighted by molar-refractivity contribution is -0.127. The molecule has 26 heavy (non-hydrogen) atoms. The molecule has 2 amide bonds. The summed E-state index contributed by atoms with van der Waals surface area (Å²) in [5, 5.41) is 2.77. The normalized spacial score (nSPS) is 15.7. The van der Waals surface area contributed by atoms with Crippen LogP contribution in [0.2, 0.25) is 0 Å². The van der Waals surface area contributed by atoms with E-state index in [4.69, 9.17) is 14.2 Å². The number of ether oxygens (including phenoxy) is 3. The molecule has 0 fully saturated rings. The number of rotatable bonds is 5. The first-order valence-corrected chi connectivity index (χ1v) is 8.12. The third kappa shape index (κ3) is 3.42. The van der Waals surface area contributed by atoms with Gasteiger partial charge in [-0.05, 0) is 31.2 Å². The van der Waals surface area contributed by atoms with E-state index in [0.717, 1.165) is 0 Å². The Balaban J connectivity index is 1.77. The van der Waals surface area contributed by atoms with Crippen LogP contribution in [0, 0.1) is 0 Å². The second-order valence-electron chi connectivity index (χ2n) is 5.77. The molecule has 0 aliphatic carbocycles. The lowest BCUT2D eigenvalue weighted by Crippen LogP contribution is -2.47. The van der Waals surface area contributed by atoms with Crippen molar-refractivity contribution in [3.63, 3.8) is 0 Å². The number of methoxy groups -OCH3 is 2. The van der Waals surface area contributed by atoms with Crippen LogP contribution < -0.4 is 24.4 Å². The molecule has 7 heteroatoms. The summed E-state index contributed by atoms with van der Waals surface area (Å²) in [4.78, 5) is 26.4. The van der Waals surface area contributed by atoms with E-state index in [9.17, 15) is 9.59 Å². The van der Waals surface area contributed by atoms with Gasteiger partial charge >= 0.3 is 0 Å². The second kappa shape index (κ2) is 7.35. The zero-order valence-electron chi connectivity index (χ0n) is 14.8. The van der Waals surface area contributed by atoms with E-state index in [-0.39, 0.29) is 18.4 Å². The van der Waals surface area contributed by atoms with Crippen molar-refractivity contribution in [2.24, 2.45) is 0 Å². The molecule has 3 rings (SSSR count). The zero-order chi connectivity index (χ0) is 18.7. The van der Waals surface area contributed by atoms with E-state index >= 15 is 0 Å². The molecule has 0 spiro atoms. The number of hydrogen-bond donors (Lipinski definition) is 1. The number of nitrogens with one attached hydrogen (secondary N) is 1. The van der Waals surface area contributed by atoms with Gasteiger partial charge in [0.2, 0.25) is 5.91 Å². The SMILES string of the molecule is COc1ccc(NC(=O)CN2C(=O)[C@@H](C)Oc3ccccc32)cc1OC. The molecule has 1 atom stereocenters. The van der Waals surface area contributed by atoms with Crippen molar-refractivity contribution >= 4 is 23.2 Å². The maximum absolute atomic E-state index is 12.5. The molecular weight excluding hydrogens is 336 g/mol. The highest BCUT2D eigenvalue weighted by atomic mass is 16.5. The minimum absolute atomic E-state index is 0.113. The Morgan fingerprint density at radius 1 is 1.15 bits per heavy atom. The first-order chi connectivity index (χ1) is 12.5. The van der Waals surface area contributed by atoms with Crippen LogP contribution in [-0.2, 0) is 9.59 Å². The molecular formula is C19H20N2O5. The van der Waals surface area contributed by atoms with Crippen molar-refractivity contribution in [1.29, 1.82) is 0 Å². The third-order valence-corrected chi connectivity index (χ3v) is 4.04. The Hall–Kier alpha value is -3.22. The first-order valence-electron chi connectivity index (χ1n) is 8.12. The summed E-state index contributed by atoms with van der Waals surface area (Å²) in [6, 6.07) is 12.2. The van der Waals surface area contributed by atoms with E-state index in [1.54, 1.807) is 50.4 Å². The molecule has 2 aromatic carbocycles. The molecule has 0 aromatic heterocycles. The number of hydrogen-bond acceptors (Lipinski definition) is 5. The molecule has 0 saturated carbocycles. The summed E-state index contributed by atoms with van der Waals surface area (Å²) >= 11 is 0. The van der Waals surface area contributed by atoms with Crippen molar-refractivity contribution in [1.82, 2.24) is 0 Å². The molecule has 0 bridgehead atoms. The predicted molar refractivity (Wildman–Crippen MR) is 97.1 cm³/mol. The molecule has 1 N–H and O–H groups in total. The highest BCUT2D eigenvalue weighted by molar-refractivity contribution is 6.06. The van der Waals surface area contributed by atoms with Gasteiger partial charge in [-0.3, -0.25) is 14.5 Å². The van der Waals surface area contributed by atoms with Crippen molar-refractivity contribution < 1.29 is 23.8 Å². The molecule has 0 radical (unpaired) electrons. The maximum atomic E-state index is 12.5. The second-order valence-corrected chi connectivity index (χ2v) is 5.77. The summed E-state index contributed by atoms with van der Waals surface area (Å²) in [5.41, 5.74) is 1.13. The highest BCUT2D eigenvalue weighted by Gasteiger charge is 2.32. The molecule has 1 aliphatic heterocycles. The van der Waals surface area contributed by atoms with Crippen LogP contribution in [0.4, 0.5) is 11.4 Å². The predicted octanol–water partition coefficient (Wildman–Crippen LogP) is 2.46. The Kier molecular flexibility index (Phi) is 4.97. The number of para-hydroxylation sites is 2. The molecule has 1 heterocycles. The molecule has 0 saturated heterocycles. The Morgan fingerprint density at radius 2 is 1.88 bits per heavy atom. The number of nitrogens with zero attached hydrogens (tertiary/aromatic N) is 1. The van der Waals surface area contributed by atoms with Gasteiger partial charge in [0.15, 0.2) is 17.6 Å². The number of benzene rings is 2. The lowest BCUT2D eigenvalue weighted by atomic mass is 10.2. The first kappa shape index (κ1) is 17.6. The average Bonchev–Trinajstić information content (AvgIpc) is 2.65. The smallest absolute Gasteiger partial charge is 0.268 e. The number of carbonyl (C=O) groups is 2. The topological polar surface area (TPSA) is 77.1 Å². The van der Waals surface area contributed by atoms with E-state index < -0.39 is 6.10 Å². The maximum Gasteiger partial charge on any atom is 0.268 e. The van der Waals surface area contributed by atoms with Crippen molar-refractivity contribution in [2.45, 2.75) is 13.0 Å². The van der Waals surface area contributed by atoms with E-state index in [1.807, 2.05) is 6.07 Å². The van der Waals surface area contributed by atoms with Crippen molar-refractivity contribution in [3.05, 3.63) is 42.5 Å². The van der Waals surface area contributed by atoms with Crippen LogP contribution in [-0.4, -0.2) is 38.7 Å². The summed E-state index contributed by atoms with van der Waals surface area (Å²) in [6.07, 6.45) is -0.640. The quantitative estimate of drug-likeness (QED) is 0.890. The fourth-order valence-electron chi connectivity index (χ4n) is 2.78. The van der Waals surface area contributed by atoms with Crippen LogP contribution >= 0.6 is 0 Å². The minimum atomic E-state index is -0.640. The van der Waals surface area contributed by atoms with Gasteiger partial charge in [0.1, 0.15) is 12.3 Å².